The van der Waals surface area contributed by atoms with Gasteiger partial charge in [-0.15, -0.1) is 11.3 Å². The summed E-state index contributed by atoms with van der Waals surface area (Å²) in [4.78, 5) is 30.5. The van der Waals surface area contributed by atoms with Crippen LogP contribution in [-0.4, -0.2) is 46.2 Å². The fourth-order valence-corrected chi connectivity index (χ4v) is 5.56. The number of rotatable bonds is 9. The van der Waals surface area contributed by atoms with Crippen molar-refractivity contribution in [2.24, 2.45) is 10.7 Å². The minimum Gasteiger partial charge on any atom is -0.543 e. The highest BCUT2D eigenvalue weighted by molar-refractivity contribution is 7.18. The number of esters is 1. The molecule has 1 atom stereocenters. The second-order valence-corrected chi connectivity index (χ2v) is 16.5. The number of thiophene rings is 1. The molecule has 4 N–H and O–H groups in total. The second-order valence-electron chi connectivity index (χ2n) is 10.8. The standard InChI is InChI=1S/C29H38N4O4SSi/c1-18(28(35)36-6)32-27(34)20-14-12-19(13-15-20)24-17-23(31-5)25(38-24)26(30)33-21-10-9-11-22(16-21)37-39(7,8)29(2,3)4/h9-18,31H,1-8H3,(H2,30,33)(H,32,34). The van der Waals surface area contributed by atoms with Crippen LogP contribution >= 0.6 is 11.3 Å². The Hall–Kier alpha value is -3.63. The van der Waals surface area contributed by atoms with Gasteiger partial charge in [0.25, 0.3) is 5.91 Å². The number of nitrogens with zero attached hydrogens (tertiary/aromatic N) is 1. The van der Waals surface area contributed by atoms with E-state index in [4.69, 9.17) is 15.2 Å². The van der Waals surface area contributed by atoms with Crippen LogP contribution in [0.15, 0.2) is 59.6 Å². The Morgan fingerprint density at radius 2 is 1.74 bits per heavy atom. The number of amidine groups is 1. The average Bonchev–Trinajstić information content (AvgIpc) is 3.32. The Bertz CT molecular complexity index is 1360. The number of benzene rings is 2. The lowest BCUT2D eigenvalue weighted by Gasteiger charge is -2.36. The van der Waals surface area contributed by atoms with Crippen LogP contribution in [0, 0.1) is 0 Å². The molecule has 0 aliphatic heterocycles. The van der Waals surface area contributed by atoms with Crippen molar-refractivity contribution in [3.8, 4) is 16.2 Å². The molecule has 0 fully saturated rings. The molecule has 3 rings (SSSR count). The first-order chi connectivity index (χ1) is 18.3. The Morgan fingerprint density at radius 3 is 2.33 bits per heavy atom. The molecule has 0 aliphatic rings. The van der Waals surface area contributed by atoms with E-state index >= 15 is 0 Å². The van der Waals surface area contributed by atoms with Crippen molar-refractivity contribution in [3.63, 3.8) is 0 Å². The fourth-order valence-electron chi connectivity index (χ4n) is 3.46. The van der Waals surface area contributed by atoms with E-state index < -0.39 is 20.3 Å². The minimum atomic E-state index is -1.98. The zero-order chi connectivity index (χ0) is 29.0. The molecule has 1 aromatic heterocycles. The van der Waals surface area contributed by atoms with Gasteiger partial charge in [0.15, 0.2) is 0 Å². The molecule has 39 heavy (non-hydrogen) atoms. The number of carbonyl (C=O) groups is 2. The topological polar surface area (TPSA) is 115 Å². The van der Waals surface area contributed by atoms with Crippen molar-refractivity contribution in [1.82, 2.24) is 5.32 Å². The van der Waals surface area contributed by atoms with Gasteiger partial charge in [-0.25, -0.2) is 9.79 Å². The maximum atomic E-state index is 12.5. The van der Waals surface area contributed by atoms with Crippen LogP contribution in [0.3, 0.4) is 0 Å². The molecule has 1 amide bonds. The summed E-state index contributed by atoms with van der Waals surface area (Å²) >= 11 is 1.51. The Morgan fingerprint density at radius 1 is 1.08 bits per heavy atom. The van der Waals surface area contributed by atoms with Crippen LogP contribution in [0.4, 0.5) is 11.4 Å². The first-order valence-electron chi connectivity index (χ1n) is 12.7. The summed E-state index contributed by atoms with van der Waals surface area (Å²) in [5.41, 5.74) is 9.44. The second kappa shape index (κ2) is 12.0. The largest absolute Gasteiger partial charge is 0.543 e. The highest BCUT2D eigenvalue weighted by atomic mass is 32.1. The van der Waals surface area contributed by atoms with Crippen molar-refractivity contribution in [3.05, 3.63) is 65.0 Å². The minimum absolute atomic E-state index is 0.0872. The molecule has 0 saturated heterocycles. The van der Waals surface area contributed by atoms with E-state index in [-0.39, 0.29) is 10.9 Å². The molecule has 8 nitrogen and oxygen atoms in total. The molecular formula is C29H38N4O4SSi. The molecule has 208 valence electrons. The molecule has 0 saturated carbocycles. The number of nitrogens with two attached hydrogens (primary N) is 1. The van der Waals surface area contributed by atoms with Crippen LogP contribution in [0.1, 0.15) is 42.9 Å². The smallest absolute Gasteiger partial charge is 0.328 e. The lowest BCUT2D eigenvalue weighted by molar-refractivity contribution is -0.142. The van der Waals surface area contributed by atoms with Crippen molar-refractivity contribution in [2.45, 2.75) is 51.9 Å². The predicted octanol–water partition coefficient (Wildman–Crippen LogP) is 6.17. The Labute approximate surface area is 235 Å². The summed E-state index contributed by atoms with van der Waals surface area (Å²) in [6.07, 6.45) is 0. The zero-order valence-electron chi connectivity index (χ0n) is 23.8. The lowest BCUT2D eigenvalue weighted by Crippen LogP contribution is -2.43. The number of ether oxygens (including phenoxy) is 1. The molecule has 0 bridgehead atoms. The van der Waals surface area contributed by atoms with E-state index in [1.165, 1.54) is 18.4 Å². The molecule has 1 unspecified atom stereocenters. The van der Waals surface area contributed by atoms with Gasteiger partial charge in [0.1, 0.15) is 17.6 Å². The normalized spacial score (nSPS) is 13.0. The molecule has 3 aromatic rings. The van der Waals surface area contributed by atoms with Gasteiger partial charge in [0, 0.05) is 23.6 Å². The van der Waals surface area contributed by atoms with Gasteiger partial charge in [-0.1, -0.05) is 39.0 Å². The van der Waals surface area contributed by atoms with Crippen LogP contribution in [0.5, 0.6) is 5.75 Å². The summed E-state index contributed by atoms with van der Waals surface area (Å²) in [6.45, 7) is 12.6. The van der Waals surface area contributed by atoms with E-state index in [1.807, 2.05) is 49.5 Å². The zero-order valence-corrected chi connectivity index (χ0v) is 25.7. The van der Waals surface area contributed by atoms with Gasteiger partial charge >= 0.3 is 5.97 Å². The highest BCUT2D eigenvalue weighted by Gasteiger charge is 2.39. The first kappa shape index (κ1) is 29.9. The van der Waals surface area contributed by atoms with E-state index in [1.54, 1.807) is 19.1 Å². The lowest BCUT2D eigenvalue weighted by atomic mass is 10.1. The van der Waals surface area contributed by atoms with Gasteiger partial charge in [-0.05, 0) is 61.0 Å². The van der Waals surface area contributed by atoms with Gasteiger partial charge in [-0.2, -0.15) is 0 Å². The Kier molecular flexibility index (Phi) is 9.24. The third kappa shape index (κ3) is 7.27. The number of hydrogen-bond donors (Lipinski definition) is 3. The van der Waals surface area contributed by atoms with Gasteiger partial charge < -0.3 is 25.5 Å². The molecule has 1 heterocycles. The van der Waals surface area contributed by atoms with Gasteiger partial charge in [0.05, 0.1) is 23.4 Å². The fraction of sp³-hybridized carbons (Fsp3) is 0.345. The molecule has 0 aliphatic carbocycles. The van der Waals surface area contributed by atoms with E-state index in [2.05, 4.69) is 49.2 Å². The maximum Gasteiger partial charge on any atom is 0.328 e. The molecular weight excluding hydrogens is 528 g/mol. The van der Waals surface area contributed by atoms with Crippen molar-refractivity contribution < 1.29 is 18.8 Å². The number of aliphatic imine (C=N–C) groups is 1. The number of amides is 1. The van der Waals surface area contributed by atoms with Crippen LogP contribution in [0.2, 0.25) is 18.1 Å². The van der Waals surface area contributed by atoms with Crippen LogP contribution in [0.25, 0.3) is 10.4 Å². The average molecular weight is 567 g/mol. The molecule has 0 spiro atoms. The maximum absolute atomic E-state index is 12.5. The summed E-state index contributed by atoms with van der Waals surface area (Å²) in [7, 11) is 1.14. The van der Waals surface area contributed by atoms with Crippen molar-refractivity contribution in [2.75, 3.05) is 19.5 Å². The summed E-state index contributed by atoms with van der Waals surface area (Å²) in [6, 6.07) is 16.2. The van der Waals surface area contributed by atoms with Gasteiger partial charge in [-0.3, -0.25) is 4.79 Å². The van der Waals surface area contributed by atoms with Crippen molar-refractivity contribution in [1.29, 1.82) is 0 Å². The third-order valence-corrected chi connectivity index (χ3v) is 12.4. The SMILES string of the molecule is CNc1cc(-c2ccc(C(=O)NC(C)C(=O)OC)cc2)sc1C(N)=Nc1cccc(O[Si](C)(C)C(C)(C)C)c1. The van der Waals surface area contributed by atoms with Gasteiger partial charge in [0.2, 0.25) is 8.32 Å². The number of anilines is 1. The quantitative estimate of drug-likeness (QED) is 0.124. The number of hydrogen-bond acceptors (Lipinski definition) is 7. The monoisotopic (exact) mass is 566 g/mol. The van der Waals surface area contributed by atoms with Crippen molar-refractivity contribution >= 4 is 48.7 Å². The highest BCUT2D eigenvalue weighted by Crippen LogP contribution is 2.38. The molecule has 10 heteroatoms. The number of carbonyl (C=O) groups excluding carboxylic acids is 2. The van der Waals surface area contributed by atoms with E-state index in [9.17, 15) is 9.59 Å². The van der Waals surface area contributed by atoms with Crippen LogP contribution < -0.4 is 20.8 Å². The summed E-state index contributed by atoms with van der Waals surface area (Å²) in [5, 5.41) is 5.92. The Balaban J connectivity index is 1.82. The first-order valence-corrected chi connectivity index (χ1v) is 16.4. The van der Waals surface area contributed by atoms with E-state index in [0.717, 1.165) is 32.4 Å². The van der Waals surface area contributed by atoms with E-state index in [0.29, 0.717) is 11.4 Å². The number of nitrogens with one attached hydrogen (secondary N) is 2. The summed E-state index contributed by atoms with van der Waals surface area (Å²) in [5.74, 6) is 0.340. The molecule has 0 radical (unpaired) electrons. The number of methoxy groups -OCH3 is 1. The molecule has 2 aromatic carbocycles. The van der Waals surface area contributed by atoms with Crippen LogP contribution in [-0.2, 0) is 9.53 Å². The third-order valence-electron chi connectivity index (χ3n) is 6.81. The predicted molar refractivity (Wildman–Crippen MR) is 163 cm³/mol. The summed E-state index contributed by atoms with van der Waals surface area (Å²) < 4.78 is 11.1.